The lowest BCUT2D eigenvalue weighted by Gasteiger charge is -2.08. The minimum Gasteiger partial charge on any atom is -0.373 e. The Morgan fingerprint density at radius 2 is 2.24 bits per heavy atom. The molecule has 2 N–H and O–H groups in total. The van der Waals surface area contributed by atoms with E-state index in [1.165, 1.54) is 12.8 Å². The van der Waals surface area contributed by atoms with Gasteiger partial charge in [-0.15, -0.1) is 0 Å². The van der Waals surface area contributed by atoms with Crippen LogP contribution in [0.15, 0.2) is 4.52 Å². The monoisotopic (exact) mass is 239 g/mol. The summed E-state index contributed by atoms with van der Waals surface area (Å²) in [6, 6.07) is 0. The molecule has 5 heteroatoms. The summed E-state index contributed by atoms with van der Waals surface area (Å²) in [6.45, 7) is 0.752. The molecule has 1 aliphatic rings. The number of nitrogens with two attached hydrogens (primary N) is 1. The number of hydrogen-bond donors (Lipinski definition) is 1. The van der Waals surface area contributed by atoms with E-state index in [4.69, 9.17) is 15.0 Å². The van der Waals surface area contributed by atoms with Crippen LogP contribution in [0.3, 0.4) is 0 Å². The fraction of sp³-hybridized carbons (Fsp3) is 0.833. The minimum atomic E-state index is 0.0246. The van der Waals surface area contributed by atoms with Crippen LogP contribution in [-0.4, -0.2) is 23.8 Å². The average molecular weight is 239 g/mol. The second-order valence-electron chi connectivity index (χ2n) is 4.64. The number of aryl methyl sites for hydroxylation is 1. The van der Waals surface area contributed by atoms with E-state index in [-0.39, 0.29) is 6.10 Å². The van der Waals surface area contributed by atoms with Crippen molar-refractivity contribution < 1.29 is 9.26 Å². The third-order valence-corrected chi connectivity index (χ3v) is 3.14. The molecule has 1 saturated carbocycles. The van der Waals surface area contributed by atoms with Crippen molar-refractivity contribution in [2.75, 3.05) is 13.7 Å². The molecule has 1 aliphatic carbocycles. The van der Waals surface area contributed by atoms with Crippen molar-refractivity contribution in [3.05, 3.63) is 11.7 Å². The van der Waals surface area contributed by atoms with Crippen molar-refractivity contribution in [2.24, 2.45) is 11.7 Å². The lowest BCUT2D eigenvalue weighted by Crippen LogP contribution is -2.05. The molecule has 1 unspecified atom stereocenters. The van der Waals surface area contributed by atoms with E-state index in [2.05, 4.69) is 10.1 Å². The van der Waals surface area contributed by atoms with Crippen molar-refractivity contribution >= 4 is 0 Å². The van der Waals surface area contributed by atoms with E-state index in [1.807, 2.05) is 0 Å². The molecule has 0 spiro atoms. The highest BCUT2D eigenvalue weighted by atomic mass is 16.5. The van der Waals surface area contributed by atoms with E-state index < -0.39 is 0 Å². The van der Waals surface area contributed by atoms with Gasteiger partial charge in [0.2, 0.25) is 11.7 Å². The Hall–Kier alpha value is -0.940. The zero-order valence-corrected chi connectivity index (χ0v) is 10.4. The molecule has 2 rings (SSSR count). The van der Waals surface area contributed by atoms with Gasteiger partial charge in [0.15, 0.2) is 0 Å². The predicted octanol–water partition coefficient (Wildman–Crippen LogP) is 1.84. The van der Waals surface area contributed by atoms with Crippen LogP contribution >= 0.6 is 0 Å². The molecular formula is C12H21N3O2. The van der Waals surface area contributed by atoms with Gasteiger partial charge in [0, 0.05) is 13.5 Å². The summed E-state index contributed by atoms with van der Waals surface area (Å²) >= 11 is 0. The van der Waals surface area contributed by atoms with Gasteiger partial charge >= 0.3 is 0 Å². The number of hydrogen-bond acceptors (Lipinski definition) is 5. The minimum absolute atomic E-state index is 0.0246. The van der Waals surface area contributed by atoms with Crippen LogP contribution < -0.4 is 5.73 Å². The molecule has 1 aromatic rings. The normalized spacial score (nSPS) is 17.3. The molecule has 1 fully saturated rings. The number of methoxy groups -OCH3 is 1. The van der Waals surface area contributed by atoms with Crippen LogP contribution in [0.25, 0.3) is 0 Å². The molecule has 0 radical (unpaired) electrons. The van der Waals surface area contributed by atoms with Crippen LogP contribution in [0.2, 0.25) is 0 Å². The van der Waals surface area contributed by atoms with Crippen molar-refractivity contribution in [1.82, 2.24) is 10.1 Å². The van der Waals surface area contributed by atoms with E-state index in [9.17, 15) is 0 Å². The number of unbranched alkanes of at least 4 members (excludes halogenated alkanes) is 2. The molecule has 17 heavy (non-hydrogen) atoms. The topological polar surface area (TPSA) is 74.2 Å². The maximum Gasteiger partial charge on any atom is 0.226 e. The third kappa shape index (κ3) is 3.51. The lowest BCUT2D eigenvalue weighted by atomic mass is 10.2. The summed E-state index contributed by atoms with van der Waals surface area (Å²) in [7, 11) is 1.71. The third-order valence-electron chi connectivity index (χ3n) is 3.14. The van der Waals surface area contributed by atoms with Crippen LogP contribution in [0.4, 0.5) is 0 Å². The van der Waals surface area contributed by atoms with Gasteiger partial charge < -0.3 is 15.0 Å². The molecule has 1 aromatic heterocycles. The zero-order valence-electron chi connectivity index (χ0n) is 10.4. The first-order chi connectivity index (χ1) is 8.35. The summed E-state index contributed by atoms with van der Waals surface area (Å²) in [4.78, 5) is 4.41. The number of ether oxygens (including phenoxy) is 1. The SMILES string of the molecule is COC(c1noc(CCCCCN)n1)C1CC1. The Labute approximate surface area is 102 Å². The van der Waals surface area contributed by atoms with Crippen molar-refractivity contribution in [2.45, 2.75) is 44.6 Å². The molecule has 0 amide bonds. The molecule has 5 nitrogen and oxygen atoms in total. The number of aromatic nitrogens is 2. The first-order valence-electron chi connectivity index (χ1n) is 6.40. The highest BCUT2D eigenvalue weighted by molar-refractivity contribution is 4.98. The highest BCUT2D eigenvalue weighted by Gasteiger charge is 2.35. The molecule has 0 bridgehead atoms. The van der Waals surface area contributed by atoms with Crippen molar-refractivity contribution in [3.8, 4) is 0 Å². The molecule has 0 aromatic carbocycles. The van der Waals surface area contributed by atoms with Crippen LogP contribution in [0.1, 0.15) is 49.9 Å². The molecule has 96 valence electrons. The summed E-state index contributed by atoms with van der Waals surface area (Å²) < 4.78 is 10.6. The summed E-state index contributed by atoms with van der Waals surface area (Å²) in [5, 5.41) is 4.01. The van der Waals surface area contributed by atoms with Gasteiger partial charge in [-0.25, -0.2) is 0 Å². The largest absolute Gasteiger partial charge is 0.373 e. The van der Waals surface area contributed by atoms with E-state index in [0.29, 0.717) is 11.7 Å². The Bertz CT molecular complexity index is 336. The molecule has 0 saturated heterocycles. The summed E-state index contributed by atoms with van der Waals surface area (Å²) in [5.74, 6) is 2.02. The Morgan fingerprint density at radius 3 is 2.88 bits per heavy atom. The summed E-state index contributed by atoms with van der Waals surface area (Å²) in [6.07, 6.45) is 6.51. The van der Waals surface area contributed by atoms with Crippen LogP contribution in [0, 0.1) is 5.92 Å². The molecule has 0 aliphatic heterocycles. The van der Waals surface area contributed by atoms with Gasteiger partial charge in [0.1, 0.15) is 6.10 Å². The zero-order chi connectivity index (χ0) is 12.1. The van der Waals surface area contributed by atoms with Crippen molar-refractivity contribution in [1.29, 1.82) is 0 Å². The number of rotatable bonds is 8. The smallest absolute Gasteiger partial charge is 0.226 e. The maximum atomic E-state index is 5.44. The van der Waals surface area contributed by atoms with Gasteiger partial charge in [0.05, 0.1) is 0 Å². The lowest BCUT2D eigenvalue weighted by molar-refractivity contribution is 0.0751. The quantitative estimate of drug-likeness (QED) is 0.701. The highest BCUT2D eigenvalue weighted by Crippen LogP contribution is 2.41. The molecular weight excluding hydrogens is 218 g/mol. The fourth-order valence-corrected chi connectivity index (χ4v) is 1.99. The van der Waals surface area contributed by atoms with Gasteiger partial charge in [-0.05, 0) is 38.1 Å². The molecule has 1 atom stereocenters. The number of nitrogens with zero attached hydrogens (tertiary/aromatic N) is 2. The first-order valence-corrected chi connectivity index (χ1v) is 6.40. The standard InChI is InChI=1S/C12H21N3O2/c1-16-11(9-6-7-9)12-14-10(17-15-12)5-3-2-4-8-13/h9,11H,2-8,13H2,1H3. The summed E-state index contributed by atoms with van der Waals surface area (Å²) in [5.41, 5.74) is 5.44. The van der Waals surface area contributed by atoms with Crippen molar-refractivity contribution in [3.63, 3.8) is 0 Å². The average Bonchev–Trinajstić information content (AvgIpc) is 3.06. The van der Waals surface area contributed by atoms with Gasteiger partial charge in [-0.1, -0.05) is 11.6 Å². The van der Waals surface area contributed by atoms with E-state index >= 15 is 0 Å². The van der Waals surface area contributed by atoms with Crippen LogP contribution in [-0.2, 0) is 11.2 Å². The molecule has 1 heterocycles. The fourth-order valence-electron chi connectivity index (χ4n) is 1.99. The van der Waals surface area contributed by atoms with E-state index in [0.717, 1.165) is 38.1 Å². The Morgan fingerprint density at radius 1 is 1.41 bits per heavy atom. The van der Waals surface area contributed by atoms with Crippen LogP contribution in [0.5, 0.6) is 0 Å². The maximum absolute atomic E-state index is 5.44. The second-order valence-corrected chi connectivity index (χ2v) is 4.64. The Kier molecular flexibility index (Phi) is 4.50. The van der Waals surface area contributed by atoms with Gasteiger partial charge in [-0.2, -0.15) is 4.98 Å². The first kappa shape index (κ1) is 12.5. The van der Waals surface area contributed by atoms with Gasteiger partial charge in [0.25, 0.3) is 0 Å². The Balaban J connectivity index is 1.82. The van der Waals surface area contributed by atoms with Gasteiger partial charge in [-0.3, -0.25) is 0 Å². The van der Waals surface area contributed by atoms with E-state index in [1.54, 1.807) is 7.11 Å². The predicted molar refractivity (Wildman–Crippen MR) is 63.4 cm³/mol. The second kappa shape index (κ2) is 6.12.